The van der Waals surface area contributed by atoms with E-state index in [4.69, 9.17) is 9.84 Å². The highest BCUT2D eigenvalue weighted by molar-refractivity contribution is 5.93. The summed E-state index contributed by atoms with van der Waals surface area (Å²) in [5.74, 6) is -2.65. The van der Waals surface area contributed by atoms with Crippen LogP contribution < -0.4 is 0 Å². The molecule has 0 saturated heterocycles. The maximum absolute atomic E-state index is 11.5. The molecule has 0 aliphatic rings. The van der Waals surface area contributed by atoms with Gasteiger partial charge in [-0.05, 0) is 13.3 Å². The molecule has 0 bridgehead atoms. The van der Waals surface area contributed by atoms with Crippen LogP contribution in [0.3, 0.4) is 0 Å². The van der Waals surface area contributed by atoms with E-state index in [1.807, 2.05) is 0 Å². The van der Waals surface area contributed by atoms with Crippen LogP contribution in [0.4, 0.5) is 0 Å². The van der Waals surface area contributed by atoms with Crippen LogP contribution >= 0.6 is 0 Å². The van der Waals surface area contributed by atoms with Crippen molar-refractivity contribution in [3.63, 3.8) is 0 Å². The molecule has 0 amide bonds. The molecular weight excluding hydrogens is 292 g/mol. The number of carbonyl (C=O) groups is 2. The summed E-state index contributed by atoms with van der Waals surface area (Å²) < 4.78 is 4.80. The summed E-state index contributed by atoms with van der Waals surface area (Å²) in [6.07, 6.45) is 15.2. The maximum atomic E-state index is 11.5. The summed E-state index contributed by atoms with van der Waals surface area (Å²) in [5, 5.41) is 9.05. The van der Waals surface area contributed by atoms with Crippen molar-refractivity contribution in [2.75, 3.05) is 6.61 Å². The normalized spacial score (nSPS) is 12.1. The molecule has 1 atom stereocenters. The van der Waals surface area contributed by atoms with Crippen LogP contribution in [-0.2, 0) is 14.3 Å². The molecule has 1 unspecified atom stereocenters. The van der Waals surface area contributed by atoms with E-state index in [0.717, 1.165) is 19.3 Å². The summed E-state index contributed by atoms with van der Waals surface area (Å²) in [4.78, 5) is 22.6. The monoisotopic (exact) mass is 328 g/mol. The van der Waals surface area contributed by atoms with Gasteiger partial charge in [0.25, 0.3) is 0 Å². The highest BCUT2D eigenvalue weighted by atomic mass is 16.5. The summed E-state index contributed by atoms with van der Waals surface area (Å²) in [6.45, 7) is 4.17. The zero-order valence-electron chi connectivity index (χ0n) is 15.1. The molecule has 4 nitrogen and oxygen atoms in total. The van der Waals surface area contributed by atoms with Crippen molar-refractivity contribution in [1.29, 1.82) is 0 Å². The number of hydrogen-bond acceptors (Lipinski definition) is 3. The third-order valence-corrected chi connectivity index (χ3v) is 4.22. The van der Waals surface area contributed by atoms with Crippen molar-refractivity contribution in [3.8, 4) is 0 Å². The first-order valence-electron chi connectivity index (χ1n) is 9.52. The number of ether oxygens (including phenoxy) is 1. The highest BCUT2D eigenvalue weighted by Gasteiger charge is 2.26. The van der Waals surface area contributed by atoms with Gasteiger partial charge in [-0.1, -0.05) is 84.0 Å². The molecule has 0 aliphatic carbocycles. The molecule has 136 valence electrons. The number of unbranched alkanes of at least 4 members (excludes halogenated alkanes) is 11. The topological polar surface area (TPSA) is 63.6 Å². The van der Waals surface area contributed by atoms with Crippen molar-refractivity contribution in [2.45, 2.75) is 97.3 Å². The Bertz CT molecular complexity index is 302. The Labute approximate surface area is 142 Å². The quantitative estimate of drug-likeness (QED) is 0.236. The van der Waals surface area contributed by atoms with Gasteiger partial charge < -0.3 is 9.84 Å². The SMILES string of the molecule is CCCCCCCCCCCCCCC(C(=O)O)C(=O)OCC. The predicted octanol–water partition coefficient (Wildman–Crippen LogP) is 5.34. The molecule has 0 rings (SSSR count). The molecule has 0 spiro atoms. The lowest BCUT2D eigenvalue weighted by Gasteiger charge is -2.10. The van der Waals surface area contributed by atoms with Gasteiger partial charge in [-0.2, -0.15) is 0 Å². The van der Waals surface area contributed by atoms with Crippen molar-refractivity contribution >= 4 is 11.9 Å². The van der Waals surface area contributed by atoms with E-state index < -0.39 is 17.9 Å². The molecule has 0 aromatic heterocycles. The van der Waals surface area contributed by atoms with E-state index in [1.165, 1.54) is 57.8 Å². The Morgan fingerprint density at radius 3 is 1.61 bits per heavy atom. The second-order valence-corrected chi connectivity index (χ2v) is 6.32. The van der Waals surface area contributed by atoms with Gasteiger partial charge in [0.2, 0.25) is 0 Å². The first kappa shape index (κ1) is 21.9. The van der Waals surface area contributed by atoms with Crippen LogP contribution in [0, 0.1) is 5.92 Å². The Morgan fingerprint density at radius 1 is 0.783 bits per heavy atom. The first-order chi connectivity index (χ1) is 11.1. The van der Waals surface area contributed by atoms with Gasteiger partial charge in [0, 0.05) is 0 Å². The van der Waals surface area contributed by atoms with Crippen LogP contribution in [0.15, 0.2) is 0 Å². The fraction of sp³-hybridized carbons (Fsp3) is 0.895. The average Bonchev–Trinajstić information content (AvgIpc) is 2.51. The molecule has 0 radical (unpaired) electrons. The third-order valence-electron chi connectivity index (χ3n) is 4.22. The number of carboxylic acid groups (broad SMARTS) is 1. The number of carbonyl (C=O) groups excluding carboxylic acids is 1. The third kappa shape index (κ3) is 13.1. The molecule has 0 heterocycles. The summed E-state index contributed by atoms with van der Waals surface area (Å²) >= 11 is 0. The lowest BCUT2D eigenvalue weighted by molar-refractivity contribution is -0.158. The minimum absolute atomic E-state index is 0.237. The largest absolute Gasteiger partial charge is 0.481 e. The van der Waals surface area contributed by atoms with Crippen molar-refractivity contribution in [3.05, 3.63) is 0 Å². The number of aliphatic carboxylic acids is 1. The molecule has 1 N–H and O–H groups in total. The van der Waals surface area contributed by atoms with Gasteiger partial charge in [-0.25, -0.2) is 0 Å². The summed E-state index contributed by atoms with van der Waals surface area (Å²) in [7, 11) is 0. The molecule has 0 aromatic rings. The lowest BCUT2D eigenvalue weighted by Crippen LogP contribution is -2.25. The molecule has 0 aliphatic heterocycles. The summed E-state index contributed by atoms with van der Waals surface area (Å²) in [6, 6.07) is 0. The average molecular weight is 328 g/mol. The van der Waals surface area contributed by atoms with E-state index in [0.29, 0.717) is 6.42 Å². The van der Waals surface area contributed by atoms with Gasteiger partial charge in [0.05, 0.1) is 6.61 Å². The van der Waals surface area contributed by atoms with Crippen LogP contribution in [-0.4, -0.2) is 23.7 Å². The van der Waals surface area contributed by atoms with Crippen LogP contribution in [0.1, 0.15) is 97.3 Å². The molecule has 0 saturated carbocycles. The number of rotatable bonds is 16. The Morgan fingerprint density at radius 2 is 1.22 bits per heavy atom. The van der Waals surface area contributed by atoms with E-state index in [2.05, 4.69) is 6.92 Å². The molecule has 4 heteroatoms. The van der Waals surface area contributed by atoms with E-state index in [1.54, 1.807) is 6.92 Å². The Balaban J connectivity index is 3.46. The molecular formula is C19H36O4. The van der Waals surface area contributed by atoms with Gasteiger partial charge in [0.1, 0.15) is 0 Å². The number of carboxylic acids is 1. The van der Waals surface area contributed by atoms with Crippen molar-refractivity contribution < 1.29 is 19.4 Å². The Kier molecular flexibility index (Phi) is 15.1. The van der Waals surface area contributed by atoms with Gasteiger partial charge in [-0.3, -0.25) is 9.59 Å². The predicted molar refractivity (Wildman–Crippen MR) is 93.5 cm³/mol. The second-order valence-electron chi connectivity index (χ2n) is 6.32. The molecule has 0 fully saturated rings. The van der Waals surface area contributed by atoms with Crippen molar-refractivity contribution in [1.82, 2.24) is 0 Å². The summed E-state index contributed by atoms with van der Waals surface area (Å²) in [5.41, 5.74) is 0. The van der Waals surface area contributed by atoms with E-state index >= 15 is 0 Å². The zero-order valence-corrected chi connectivity index (χ0v) is 15.1. The van der Waals surface area contributed by atoms with Gasteiger partial charge >= 0.3 is 11.9 Å². The van der Waals surface area contributed by atoms with E-state index in [9.17, 15) is 9.59 Å². The standard InChI is InChI=1S/C19H36O4/c1-3-5-6-7-8-9-10-11-12-13-14-15-16-17(18(20)21)19(22)23-4-2/h17H,3-16H2,1-2H3,(H,20,21). The molecule has 23 heavy (non-hydrogen) atoms. The van der Waals surface area contributed by atoms with Crippen LogP contribution in [0.25, 0.3) is 0 Å². The fourth-order valence-electron chi connectivity index (χ4n) is 2.77. The fourth-order valence-corrected chi connectivity index (χ4v) is 2.77. The smallest absolute Gasteiger partial charge is 0.320 e. The van der Waals surface area contributed by atoms with E-state index in [-0.39, 0.29) is 6.61 Å². The minimum Gasteiger partial charge on any atom is -0.481 e. The second kappa shape index (κ2) is 15.8. The number of esters is 1. The molecule has 0 aromatic carbocycles. The Hall–Kier alpha value is -1.06. The highest BCUT2D eigenvalue weighted by Crippen LogP contribution is 2.15. The maximum Gasteiger partial charge on any atom is 0.320 e. The van der Waals surface area contributed by atoms with Crippen LogP contribution in [0.2, 0.25) is 0 Å². The first-order valence-corrected chi connectivity index (χ1v) is 9.52. The van der Waals surface area contributed by atoms with Gasteiger partial charge in [0.15, 0.2) is 5.92 Å². The van der Waals surface area contributed by atoms with Crippen LogP contribution in [0.5, 0.6) is 0 Å². The van der Waals surface area contributed by atoms with Crippen molar-refractivity contribution in [2.24, 2.45) is 5.92 Å². The number of hydrogen-bond donors (Lipinski definition) is 1. The lowest BCUT2D eigenvalue weighted by atomic mass is 10.00. The minimum atomic E-state index is -1.06. The van der Waals surface area contributed by atoms with Gasteiger partial charge in [-0.15, -0.1) is 0 Å². The zero-order chi connectivity index (χ0) is 17.3.